The topological polar surface area (TPSA) is 96.0 Å². The maximum Gasteiger partial charge on any atom is 0.243 e. The first-order valence-corrected chi connectivity index (χ1v) is 25.3. The number of rotatable bonds is 20. The Labute approximate surface area is 356 Å². The quantitative estimate of drug-likeness (QED) is 0.0626. The molecule has 3 aromatic rings. The second-order valence-corrected chi connectivity index (χ2v) is 25.3. The lowest BCUT2D eigenvalue weighted by molar-refractivity contribution is -0.230. The van der Waals surface area contributed by atoms with E-state index in [9.17, 15) is 8.42 Å². The number of methoxy groups -OCH3 is 2. The van der Waals surface area contributed by atoms with Crippen LogP contribution in [-0.4, -0.2) is 92.6 Å². The molecule has 2 aliphatic heterocycles. The van der Waals surface area contributed by atoms with Crippen LogP contribution in [0, 0.1) is 12.8 Å². The van der Waals surface area contributed by atoms with Crippen LogP contribution in [0.4, 0.5) is 5.69 Å². The van der Waals surface area contributed by atoms with Crippen molar-refractivity contribution < 1.29 is 36.5 Å². The van der Waals surface area contributed by atoms with Crippen molar-refractivity contribution in [1.82, 2.24) is 4.31 Å². The van der Waals surface area contributed by atoms with Gasteiger partial charge in [0.05, 0.1) is 42.5 Å². The Morgan fingerprint density at radius 1 is 0.847 bits per heavy atom. The van der Waals surface area contributed by atoms with E-state index < -0.39 is 36.3 Å². The van der Waals surface area contributed by atoms with E-state index in [0.29, 0.717) is 49.0 Å². The molecule has 0 radical (unpaired) electrons. The van der Waals surface area contributed by atoms with Gasteiger partial charge < -0.3 is 33.0 Å². The molecule has 0 spiro atoms. The third kappa shape index (κ3) is 10.3. The van der Waals surface area contributed by atoms with Gasteiger partial charge in [-0.15, -0.1) is 0 Å². The maximum absolute atomic E-state index is 14.6. The van der Waals surface area contributed by atoms with Crippen LogP contribution in [0.3, 0.4) is 0 Å². The van der Waals surface area contributed by atoms with Crippen LogP contribution >= 0.6 is 0 Å². The maximum atomic E-state index is 14.6. The number of nitrogens with zero attached hydrogens (tertiary/aromatic N) is 2. The number of sulfonamides is 1. The Morgan fingerprint density at radius 3 is 2.10 bits per heavy atom. The lowest BCUT2D eigenvalue weighted by Crippen LogP contribution is -2.59. The number of hydrogen-bond acceptors (Lipinski definition) is 9. The molecule has 326 valence electrons. The average Bonchev–Trinajstić information content (AvgIpc) is 4.08. The van der Waals surface area contributed by atoms with Crippen molar-refractivity contribution in [2.24, 2.45) is 5.92 Å². The molecule has 12 heteroatoms. The van der Waals surface area contributed by atoms with Gasteiger partial charge in [0, 0.05) is 52.3 Å². The lowest BCUT2D eigenvalue weighted by Gasteiger charge is -2.50. The Morgan fingerprint density at radius 2 is 1.49 bits per heavy atom. The van der Waals surface area contributed by atoms with Crippen LogP contribution < -0.4 is 9.64 Å². The summed E-state index contributed by atoms with van der Waals surface area (Å²) in [6.07, 6.45) is 2.19. The summed E-state index contributed by atoms with van der Waals surface area (Å²) in [6, 6.07) is 22.0. The summed E-state index contributed by atoms with van der Waals surface area (Å²) >= 11 is 0. The van der Waals surface area contributed by atoms with Crippen LogP contribution in [0.15, 0.2) is 71.6 Å². The van der Waals surface area contributed by atoms with Gasteiger partial charge in [0.15, 0.2) is 5.79 Å². The van der Waals surface area contributed by atoms with E-state index in [1.54, 1.807) is 30.7 Å². The predicted molar refractivity (Wildman–Crippen MR) is 237 cm³/mol. The second-order valence-electron chi connectivity index (χ2n) is 18.0. The van der Waals surface area contributed by atoms with Gasteiger partial charge in [0.25, 0.3) is 0 Å². The van der Waals surface area contributed by atoms with Crippen LogP contribution in [0.1, 0.15) is 95.9 Å². The zero-order valence-corrected chi connectivity index (χ0v) is 39.1. The molecule has 1 unspecified atom stereocenters. The number of benzene rings is 3. The van der Waals surface area contributed by atoms with Gasteiger partial charge in [0.2, 0.25) is 18.3 Å². The molecule has 0 bridgehead atoms. The number of piperidine rings is 1. The van der Waals surface area contributed by atoms with E-state index in [0.717, 1.165) is 66.0 Å². The van der Waals surface area contributed by atoms with Crippen molar-refractivity contribution in [3.8, 4) is 5.75 Å². The first-order valence-electron chi connectivity index (χ1n) is 21.8. The van der Waals surface area contributed by atoms with E-state index >= 15 is 0 Å². The fraction of sp³-hybridized carbons (Fsp3) is 0.617. The molecule has 59 heavy (non-hydrogen) atoms. The summed E-state index contributed by atoms with van der Waals surface area (Å²) in [4.78, 5) is 2.63. The van der Waals surface area contributed by atoms with Crippen molar-refractivity contribution in [2.45, 2.75) is 133 Å². The first-order chi connectivity index (χ1) is 28.1. The molecule has 4 atom stereocenters. The minimum Gasteiger partial charge on any atom is -0.490 e. The van der Waals surface area contributed by atoms with Crippen molar-refractivity contribution in [1.29, 1.82) is 0 Å². The SMILES string of the molecule is COCCCN1CCOc2ccc(CO[C@H]3CN(S(=O)(=O)c4ccc(C)cc4)C[C@@H](O[Si](C(C)C)(C(C)C)C(C)C)[C@@H]3c3ccc(COC(C)(OC)C4CC4)cc3)cc21. The van der Waals surface area contributed by atoms with Crippen molar-refractivity contribution in [3.05, 3.63) is 89.0 Å². The summed E-state index contributed by atoms with van der Waals surface area (Å²) in [5.74, 6) is 0.438. The summed E-state index contributed by atoms with van der Waals surface area (Å²) in [5, 5.41) is 0. The second kappa shape index (κ2) is 19.5. The van der Waals surface area contributed by atoms with Gasteiger partial charge in [0.1, 0.15) is 12.4 Å². The van der Waals surface area contributed by atoms with E-state index in [1.165, 1.54) is 0 Å². The molecule has 3 aromatic carbocycles. The van der Waals surface area contributed by atoms with Gasteiger partial charge in [-0.05, 0) is 90.7 Å². The molecular formula is C47H70N2O8SSi. The minimum absolute atomic E-state index is 0.190. The molecule has 1 saturated heterocycles. The zero-order chi connectivity index (χ0) is 42.5. The van der Waals surface area contributed by atoms with Crippen LogP contribution in [-0.2, 0) is 46.6 Å². The molecule has 0 aromatic heterocycles. The van der Waals surface area contributed by atoms with Gasteiger partial charge in [-0.3, -0.25) is 0 Å². The molecule has 6 rings (SSSR count). The van der Waals surface area contributed by atoms with Crippen LogP contribution in [0.2, 0.25) is 16.6 Å². The van der Waals surface area contributed by atoms with Crippen molar-refractivity contribution >= 4 is 24.0 Å². The van der Waals surface area contributed by atoms with Gasteiger partial charge in [-0.2, -0.15) is 4.31 Å². The molecular weight excluding hydrogens is 781 g/mol. The number of aryl methyl sites for hydroxylation is 1. The Balaban J connectivity index is 1.38. The summed E-state index contributed by atoms with van der Waals surface area (Å²) < 4.78 is 69.2. The number of ether oxygens (including phenoxy) is 5. The highest BCUT2D eigenvalue weighted by molar-refractivity contribution is 7.89. The fourth-order valence-corrected chi connectivity index (χ4v) is 16.6. The monoisotopic (exact) mass is 850 g/mol. The molecule has 0 amide bonds. The molecule has 0 N–H and O–H groups in total. The predicted octanol–water partition coefficient (Wildman–Crippen LogP) is 9.45. The largest absolute Gasteiger partial charge is 0.490 e. The molecule has 2 fully saturated rings. The fourth-order valence-electron chi connectivity index (χ4n) is 9.62. The van der Waals surface area contributed by atoms with E-state index in [1.807, 2.05) is 32.0 Å². The molecule has 2 heterocycles. The first kappa shape index (κ1) is 45.7. The van der Waals surface area contributed by atoms with Crippen LogP contribution in [0.5, 0.6) is 5.75 Å². The Bertz CT molecular complexity index is 1900. The summed E-state index contributed by atoms with van der Waals surface area (Å²) in [7, 11) is -2.94. The highest BCUT2D eigenvalue weighted by Gasteiger charge is 2.52. The Hall–Kier alpha value is -2.81. The highest BCUT2D eigenvalue weighted by atomic mass is 32.2. The van der Waals surface area contributed by atoms with Gasteiger partial charge >= 0.3 is 0 Å². The van der Waals surface area contributed by atoms with E-state index in [-0.39, 0.29) is 23.9 Å². The average molecular weight is 851 g/mol. The Kier molecular flexibility index (Phi) is 15.1. The van der Waals surface area contributed by atoms with Gasteiger partial charge in [-0.25, -0.2) is 8.42 Å². The number of fused-ring (bicyclic) bond motifs is 1. The minimum atomic E-state index is -3.89. The van der Waals surface area contributed by atoms with E-state index in [4.69, 9.17) is 28.1 Å². The van der Waals surface area contributed by atoms with Crippen molar-refractivity contribution in [2.75, 3.05) is 58.5 Å². The standard InChI is InChI=1S/C47H70N2O8SSi/c1-33(2)59(34(3)4,35(5)6)57-45-30-49(58(50,51)41-21-12-36(7)13-22-41)29-44(46(45)39-17-14-37(15-18-39)32-56-47(8,53-10)40-19-20-40)55-31-38-16-23-43-42(28-38)48(25-27-54-43)24-11-26-52-9/h12-18,21-23,28,33-35,40,44-46H,11,19-20,24-27,29-32H2,1-10H3/t44-,45+,46+,47?/m0/s1. The van der Waals surface area contributed by atoms with E-state index in [2.05, 4.69) is 82.8 Å². The molecule has 1 aliphatic carbocycles. The molecule has 1 saturated carbocycles. The normalized spacial score (nSPS) is 21.5. The molecule has 10 nitrogen and oxygen atoms in total. The zero-order valence-electron chi connectivity index (χ0n) is 37.2. The van der Waals surface area contributed by atoms with Gasteiger partial charge in [-0.1, -0.05) is 89.6 Å². The molecule has 3 aliphatic rings. The number of hydrogen-bond donors (Lipinski definition) is 0. The third-order valence-corrected chi connectivity index (χ3v) is 21.1. The van der Waals surface area contributed by atoms with Crippen LogP contribution in [0.25, 0.3) is 0 Å². The highest BCUT2D eigenvalue weighted by Crippen LogP contribution is 2.47. The lowest BCUT2D eigenvalue weighted by atomic mass is 9.85. The number of anilines is 1. The smallest absolute Gasteiger partial charge is 0.243 e. The summed E-state index contributed by atoms with van der Waals surface area (Å²) in [5.41, 5.74) is 6.08. The summed E-state index contributed by atoms with van der Waals surface area (Å²) in [6.45, 7) is 21.8. The third-order valence-electron chi connectivity index (χ3n) is 13.1. The van der Waals surface area contributed by atoms with Crippen molar-refractivity contribution in [3.63, 3.8) is 0 Å².